The molecule has 1 aliphatic rings. The molecule has 3 N–H and O–H groups in total. The van der Waals surface area contributed by atoms with Crippen LogP contribution in [0.25, 0.3) is 0 Å². The Balaban J connectivity index is 2.00. The van der Waals surface area contributed by atoms with Crippen LogP contribution in [-0.4, -0.2) is 31.1 Å². The van der Waals surface area contributed by atoms with Crippen LogP contribution < -0.4 is 11.1 Å². The molecule has 2 rings (SSSR count). The first kappa shape index (κ1) is 15.0. The van der Waals surface area contributed by atoms with Gasteiger partial charge in [-0.15, -0.1) is 0 Å². The van der Waals surface area contributed by atoms with E-state index in [2.05, 4.69) is 21.2 Å². The molecule has 1 aromatic rings. The van der Waals surface area contributed by atoms with Crippen molar-refractivity contribution in [3.05, 3.63) is 34.3 Å². The van der Waals surface area contributed by atoms with Gasteiger partial charge in [0.15, 0.2) is 0 Å². The van der Waals surface area contributed by atoms with Crippen molar-refractivity contribution in [3.8, 4) is 0 Å². The maximum Gasteiger partial charge on any atom is 0.240 e. The van der Waals surface area contributed by atoms with E-state index < -0.39 is 11.9 Å². The van der Waals surface area contributed by atoms with Crippen LogP contribution in [0, 0.1) is 5.92 Å². The van der Waals surface area contributed by atoms with E-state index in [0.29, 0.717) is 26.1 Å². The minimum atomic E-state index is -0.697. The molecule has 108 valence electrons. The summed E-state index contributed by atoms with van der Waals surface area (Å²) >= 11 is 3.37. The van der Waals surface area contributed by atoms with E-state index in [-0.39, 0.29) is 11.8 Å². The Morgan fingerprint density at radius 1 is 1.50 bits per heavy atom. The number of rotatable bonds is 5. The summed E-state index contributed by atoms with van der Waals surface area (Å²) in [6.45, 7) is 0.999. The van der Waals surface area contributed by atoms with Crippen molar-refractivity contribution in [1.82, 2.24) is 5.32 Å². The van der Waals surface area contributed by atoms with Crippen molar-refractivity contribution in [2.75, 3.05) is 13.2 Å². The smallest absolute Gasteiger partial charge is 0.240 e. The van der Waals surface area contributed by atoms with E-state index in [1.54, 1.807) is 0 Å². The molecule has 0 aliphatic carbocycles. The minimum Gasteiger partial charge on any atom is -0.381 e. The summed E-state index contributed by atoms with van der Waals surface area (Å²) in [5, 5.41) is 2.72. The first-order chi connectivity index (χ1) is 9.56. The number of hydrogen-bond donors (Lipinski definition) is 2. The molecule has 0 radical (unpaired) electrons. The van der Waals surface area contributed by atoms with Gasteiger partial charge < -0.3 is 15.8 Å². The predicted molar refractivity (Wildman–Crippen MR) is 77.9 cm³/mol. The minimum absolute atomic E-state index is 0.165. The standard InChI is InChI=1S/C14H17BrN2O3/c15-11-3-1-2-9(6-11)7-12(13(16)18)17-14(19)10-4-5-20-8-10/h1-3,6,10,12H,4-5,7-8H2,(H2,16,18)(H,17,19)/t10-,12-/m1/s1. The lowest BCUT2D eigenvalue weighted by Crippen LogP contribution is -2.48. The van der Waals surface area contributed by atoms with Gasteiger partial charge in [-0.25, -0.2) is 0 Å². The van der Waals surface area contributed by atoms with Gasteiger partial charge in [0, 0.05) is 17.5 Å². The predicted octanol–water partition coefficient (Wildman–Crippen LogP) is 0.998. The molecule has 0 bridgehead atoms. The third-order valence-electron chi connectivity index (χ3n) is 3.29. The van der Waals surface area contributed by atoms with Gasteiger partial charge in [-0.05, 0) is 24.1 Å². The Labute approximate surface area is 126 Å². The van der Waals surface area contributed by atoms with Crippen LogP contribution in [0.4, 0.5) is 0 Å². The van der Waals surface area contributed by atoms with E-state index >= 15 is 0 Å². The third kappa shape index (κ3) is 4.05. The molecule has 2 atom stereocenters. The van der Waals surface area contributed by atoms with Crippen LogP contribution in [0.3, 0.4) is 0 Å². The number of carbonyl (C=O) groups is 2. The highest BCUT2D eigenvalue weighted by Gasteiger charge is 2.27. The number of benzene rings is 1. The van der Waals surface area contributed by atoms with Gasteiger partial charge in [0.2, 0.25) is 11.8 Å². The lowest BCUT2D eigenvalue weighted by atomic mass is 10.0. The number of halogens is 1. The Kier molecular flexibility index (Phi) is 5.14. The van der Waals surface area contributed by atoms with Crippen molar-refractivity contribution in [3.63, 3.8) is 0 Å². The normalized spacial score (nSPS) is 19.6. The first-order valence-corrected chi connectivity index (χ1v) is 7.27. The molecule has 0 aromatic heterocycles. The van der Waals surface area contributed by atoms with E-state index in [1.165, 1.54) is 0 Å². The molecule has 1 aliphatic heterocycles. The fourth-order valence-corrected chi connectivity index (χ4v) is 2.60. The van der Waals surface area contributed by atoms with Gasteiger partial charge in [0.1, 0.15) is 6.04 Å². The Hall–Kier alpha value is -1.40. The van der Waals surface area contributed by atoms with Gasteiger partial charge in [-0.2, -0.15) is 0 Å². The monoisotopic (exact) mass is 340 g/mol. The molecule has 0 unspecified atom stereocenters. The molecule has 2 amide bonds. The van der Waals surface area contributed by atoms with Crippen molar-refractivity contribution in [1.29, 1.82) is 0 Å². The van der Waals surface area contributed by atoms with Gasteiger partial charge in [0.25, 0.3) is 0 Å². The molecular weight excluding hydrogens is 324 g/mol. The zero-order valence-electron chi connectivity index (χ0n) is 11.0. The van der Waals surface area contributed by atoms with Crippen molar-refractivity contribution < 1.29 is 14.3 Å². The second-order valence-corrected chi connectivity index (χ2v) is 5.77. The molecule has 5 nitrogen and oxygen atoms in total. The van der Waals surface area contributed by atoms with Crippen molar-refractivity contribution in [2.45, 2.75) is 18.9 Å². The van der Waals surface area contributed by atoms with Crippen molar-refractivity contribution >= 4 is 27.7 Å². The number of primary amides is 1. The zero-order chi connectivity index (χ0) is 14.5. The van der Waals surface area contributed by atoms with Gasteiger partial charge in [0.05, 0.1) is 12.5 Å². The number of amides is 2. The summed E-state index contributed by atoms with van der Waals surface area (Å²) in [5.41, 5.74) is 6.31. The highest BCUT2D eigenvalue weighted by Crippen LogP contribution is 2.15. The van der Waals surface area contributed by atoms with Crippen LogP contribution >= 0.6 is 15.9 Å². The Morgan fingerprint density at radius 2 is 2.30 bits per heavy atom. The van der Waals surface area contributed by atoms with Gasteiger partial charge in [-0.3, -0.25) is 9.59 Å². The summed E-state index contributed by atoms with van der Waals surface area (Å²) in [7, 11) is 0. The lowest BCUT2D eigenvalue weighted by molar-refractivity contribution is -0.129. The fourth-order valence-electron chi connectivity index (χ4n) is 2.15. The maximum atomic E-state index is 12.0. The first-order valence-electron chi connectivity index (χ1n) is 6.48. The molecule has 1 heterocycles. The summed E-state index contributed by atoms with van der Waals surface area (Å²) in [5.74, 6) is -0.877. The molecule has 1 saturated heterocycles. The zero-order valence-corrected chi connectivity index (χ0v) is 12.6. The van der Waals surface area contributed by atoms with Crippen molar-refractivity contribution in [2.24, 2.45) is 11.7 Å². The number of ether oxygens (including phenoxy) is 1. The van der Waals surface area contributed by atoms with E-state index in [0.717, 1.165) is 10.0 Å². The summed E-state index contributed by atoms with van der Waals surface area (Å²) in [6.07, 6.45) is 1.07. The second-order valence-electron chi connectivity index (χ2n) is 4.86. The fraction of sp³-hybridized carbons (Fsp3) is 0.429. The number of hydrogen-bond acceptors (Lipinski definition) is 3. The van der Waals surface area contributed by atoms with Crippen LogP contribution in [0.1, 0.15) is 12.0 Å². The molecule has 20 heavy (non-hydrogen) atoms. The highest BCUT2D eigenvalue weighted by molar-refractivity contribution is 9.10. The quantitative estimate of drug-likeness (QED) is 0.838. The maximum absolute atomic E-state index is 12.0. The molecule has 1 fully saturated rings. The SMILES string of the molecule is NC(=O)[C@@H](Cc1cccc(Br)c1)NC(=O)[C@@H]1CCOC1. The lowest BCUT2D eigenvalue weighted by Gasteiger charge is -2.17. The van der Waals surface area contributed by atoms with Crippen LogP contribution in [0.2, 0.25) is 0 Å². The largest absolute Gasteiger partial charge is 0.381 e. The third-order valence-corrected chi connectivity index (χ3v) is 3.78. The summed E-state index contributed by atoms with van der Waals surface area (Å²) in [6, 6.07) is 6.88. The van der Waals surface area contributed by atoms with E-state index in [1.807, 2.05) is 24.3 Å². The van der Waals surface area contributed by atoms with Crippen LogP contribution in [-0.2, 0) is 20.7 Å². The second kappa shape index (κ2) is 6.85. The molecular formula is C14H17BrN2O3. The summed E-state index contributed by atoms with van der Waals surface area (Å²) in [4.78, 5) is 23.5. The van der Waals surface area contributed by atoms with Crippen LogP contribution in [0.5, 0.6) is 0 Å². The Bertz CT molecular complexity index is 501. The number of nitrogens with one attached hydrogen (secondary N) is 1. The average Bonchev–Trinajstić information content (AvgIpc) is 2.91. The number of carbonyl (C=O) groups excluding carboxylic acids is 2. The van der Waals surface area contributed by atoms with E-state index in [4.69, 9.17) is 10.5 Å². The summed E-state index contributed by atoms with van der Waals surface area (Å²) < 4.78 is 6.10. The van der Waals surface area contributed by atoms with Gasteiger partial charge in [-0.1, -0.05) is 28.1 Å². The molecule has 6 heteroatoms. The van der Waals surface area contributed by atoms with E-state index in [9.17, 15) is 9.59 Å². The average molecular weight is 341 g/mol. The molecule has 1 aromatic carbocycles. The molecule has 0 spiro atoms. The van der Waals surface area contributed by atoms with Gasteiger partial charge >= 0.3 is 0 Å². The topological polar surface area (TPSA) is 81.4 Å². The van der Waals surface area contributed by atoms with Crippen LogP contribution in [0.15, 0.2) is 28.7 Å². The number of nitrogens with two attached hydrogens (primary N) is 1. The molecule has 0 saturated carbocycles. The Morgan fingerprint density at radius 3 is 2.90 bits per heavy atom. The highest BCUT2D eigenvalue weighted by atomic mass is 79.9.